The number of benzene rings is 2. The lowest BCUT2D eigenvalue weighted by atomic mass is 10.2. The van der Waals surface area contributed by atoms with E-state index in [-0.39, 0.29) is 11.8 Å². The van der Waals surface area contributed by atoms with Crippen molar-refractivity contribution < 1.29 is 13.7 Å². The molecule has 2 aromatic carbocycles. The Kier molecular flexibility index (Phi) is 6.77. The molecule has 1 fully saturated rings. The Morgan fingerprint density at radius 2 is 1.82 bits per heavy atom. The number of nitrogens with one attached hydrogen (secondary N) is 2. The van der Waals surface area contributed by atoms with Crippen LogP contribution in [0.1, 0.15) is 12.8 Å². The molecule has 1 aliphatic rings. The molecular formula is C23H26ClFN5O2P. The van der Waals surface area contributed by atoms with Crippen LogP contribution < -0.4 is 25.6 Å². The maximum atomic E-state index is 14.7. The van der Waals surface area contributed by atoms with Crippen LogP contribution in [0.15, 0.2) is 42.6 Å². The van der Waals surface area contributed by atoms with Gasteiger partial charge in [0.2, 0.25) is 5.95 Å². The fourth-order valence-electron chi connectivity index (χ4n) is 3.90. The first-order chi connectivity index (χ1) is 15.8. The van der Waals surface area contributed by atoms with Crippen LogP contribution >= 0.6 is 18.7 Å². The first kappa shape index (κ1) is 23.3. The molecule has 0 spiro atoms. The van der Waals surface area contributed by atoms with Gasteiger partial charge in [-0.1, -0.05) is 23.7 Å². The molecule has 0 unspecified atom stereocenters. The maximum Gasteiger partial charge on any atom is 0.229 e. The molecule has 10 heteroatoms. The lowest BCUT2D eigenvalue weighted by molar-refractivity contribution is 0.413. The highest BCUT2D eigenvalue weighted by Crippen LogP contribution is 2.41. The quantitative estimate of drug-likeness (QED) is 0.417. The summed E-state index contributed by atoms with van der Waals surface area (Å²) in [6.07, 6.45) is 3.50. The second-order valence-electron chi connectivity index (χ2n) is 8.18. The van der Waals surface area contributed by atoms with Crippen molar-refractivity contribution in [1.29, 1.82) is 0 Å². The minimum Gasteiger partial charge on any atom is -0.492 e. The molecule has 1 aromatic heterocycles. The minimum atomic E-state index is -2.53. The van der Waals surface area contributed by atoms with E-state index in [2.05, 4.69) is 20.6 Å². The highest BCUT2D eigenvalue weighted by molar-refractivity contribution is 7.70. The van der Waals surface area contributed by atoms with Crippen molar-refractivity contribution >= 4 is 52.9 Å². The molecule has 0 amide bonds. The van der Waals surface area contributed by atoms with E-state index in [0.717, 1.165) is 25.9 Å². The monoisotopic (exact) mass is 489 g/mol. The Bertz CT molecular complexity index is 1210. The van der Waals surface area contributed by atoms with E-state index in [1.54, 1.807) is 19.4 Å². The Balaban J connectivity index is 1.66. The SMILES string of the molecule is COc1c(Nc2ncc(Cl)c(Nc3ccccc3P(C)(C)=O)n2)ccc(F)c1N1CCCC1. The van der Waals surface area contributed by atoms with Crippen molar-refractivity contribution in [1.82, 2.24) is 9.97 Å². The molecule has 2 N–H and O–H groups in total. The highest BCUT2D eigenvalue weighted by atomic mass is 35.5. The summed E-state index contributed by atoms with van der Waals surface area (Å²) in [4.78, 5) is 10.7. The normalized spacial score (nSPS) is 13.8. The number of rotatable bonds is 7. The average molecular weight is 490 g/mol. The third-order valence-electron chi connectivity index (χ3n) is 5.44. The fraction of sp³-hybridized carbons (Fsp3) is 0.304. The molecule has 1 aliphatic heterocycles. The summed E-state index contributed by atoms with van der Waals surface area (Å²) in [6.45, 7) is 4.97. The van der Waals surface area contributed by atoms with Gasteiger partial charge in [0.1, 0.15) is 23.7 Å². The van der Waals surface area contributed by atoms with Crippen molar-refractivity contribution in [2.45, 2.75) is 12.8 Å². The number of ether oxygens (including phenoxy) is 1. The van der Waals surface area contributed by atoms with Crippen molar-refractivity contribution in [3.05, 3.63) is 53.4 Å². The highest BCUT2D eigenvalue weighted by Gasteiger charge is 2.24. The van der Waals surface area contributed by atoms with E-state index in [9.17, 15) is 8.96 Å². The van der Waals surface area contributed by atoms with Gasteiger partial charge in [0.05, 0.1) is 24.7 Å². The average Bonchev–Trinajstić information content (AvgIpc) is 3.31. The van der Waals surface area contributed by atoms with Crippen LogP contribution in [0.5, 0.6) is 5.75 Å². The number of nitrogens with zero attached hydrogens (tertiary/aromatic N) is 3. The fourth-order valence-corrected chi connectivity index (χ4v) is 5.19. The van der Waals surface area contributed by atoms with Gasteiger partial charge in [0.25, 0.3) is 0 Å². The summed E-state index contributed by atoms with van der Waals surface area (Å²) in [6, 6.07) is 10.3. The number of aromatic nitrogens is 2. The molecule has 33 heavy (non-hydrogen) atoms. The smallest absolute Gasteiger partial charge is 0.229 e. The van der Waals surface area contributed by atoms with Gasteiger partial charge in [0.15, 0.2) is 11.6 Å². The first-order valence-electron chi connectivity index (χ1n) is 10.6. The Morgan fingerprint density at radius 1 is 1.09 bits per heavy atom. The second-order valence-corrected chi connectivity index (χ2v) is 11.8. The molecule has 0 aliphatic carbocycles. The number of halogens is 2. The second kappa shape index (κ2) is 9.57. The minimum absolute atomic E-state index is 0.257. The Hall–Kier alpha value is -2.83. The van der Waals surface area contributed by atoms with Crippen LogP contribution in [-0.4, -0.2) is 43.5 Å². The molecule has 0 atom stereocenters. The lowest BCUT2D eigenvalue weighted by Gasteiger charge is -2.23. The standard InChI is InChI=1S/C23H26ClFN5O2P/c1-32-21-18(11-10-16(25)20(21)30-12-6-7-13-30)28-23-26-14-15(24)22(29-23)27-17-8-4-5-9-19(17)33(2,3)31/h4-5,8-11,14H,6-7,12-13H2,1-3H3,(H2,26,27,28,29). The topological polar surface area (TPSA) is 79.4 Å². The molecule has 0 radical (unpaired) electrons. The van der Waals surface area contributed by atoms with E-state index in [1.165, 1.54) is 19.4 Å². The van der Waals surface area contributed by atoms with E-state index < -0.39 is 7.14 Å². The van der Waals surface area contributed by atoms with Crippen LogP contribution in [0.2, 0.25) is 5.02 Å². The molecule has 0 saturated carbocycles. The zero-order chi connectivity index (χ0) is 23.6. The predicted molar refractivity (Wildman–Crippen MR) is 134 cm³/mol. The van der Waals surface area contributed by atoms with Crippen LogP contribution in [0.25, 0.3) is 0 Å². The molecule has 1 saturated heterocycles. The van der Waals surface area contributed by atoms with Gasteiger partial charge >= 0.3 is 0 Å². The predicted octanol–water partition coefficient (Wildman–Crippen LogP) is 5.61. The van der Waals surface area contributed by atoms with Crippen molar-refractivity contribution in [2.24, 2.45) is 0 Å². The summed E-state index contributed by atoms with van der Waals surface area (Å²) in [5, 5.41) is 7.30. The van der Waals surface area contributed by atoms with Gasteiger partial charge < -0.3 is 24.8 Å². The summed E-state index contributed by atoms with van der Waals surface area (Å²) < 4.78 is 32.9. The van der Waals surface area contributed by atoms with Crippen LogP contribution in [0, 0.1) is 5.82 Å². The van der Waals surface area contributed by atoms with Gasteiger partial charge in [0, 0.05) is 18.4 Å². The summed E-state index contributed by atoms with van der Waals surface area (Å²) in [7, 11) is -1.01. The van der Waals surface area contributed by atoms with Gasteiger partial charge in [-0.15, -0.1) is 0 Å². The zero-order valence-corrected chi connectivity index (χ0v) is 20.4. The number of methoxy groups -OCH3 is 1. The molecule has 4 rings (SSSR count). The van der Waals surface area contributed by atoms with Gasteiger partial charge in [-0.05, 0) is 50.4 Å². The zero-order valence-electron chi connectivity index (χ0n) is 18.7. The van der Waals surface area contributed by atoms with Crippen LogP contribution in [0.4, 0.5) is 33.2 Å². The Labute approximate surface area is 197 Å². The Morgan fingerprint density at radius 3 is 2.52 bits per heavy atom. The third-order valence-corrected chi connectivity index (χ3v) is 7.26. The first-order valence-corrected chi connectivity index (χ1v) is 13.6. The molecular weight excluding hydrogens is 464 g/mol. The number of anilines is 5. The summed E-state index contributed by atoms with van der Waals surface area (Å²) >= 11 is 6.34. The maximum absolute atomic E-state index is 14.7. The van der Waals surface area contributed by atoms with E-state index in [4.69, 9.17) is 16.3 Å². The molecule has 0 bridgehead atoms. The van der Waals surface area contributed by atoms with E-state index in [1.807, 2.05) is 29.2 Å². The van der Waals surface area contributed by atoms with Crippen molar-refractivity contribution in [2.75, 3.05) is 49.1 Å². The third kappa shape index (κ3) is 5.07. The van der Waals surface area contributed by atoms with Crippen LogP contribution in [0.3, 0.4) is 0 Å². The molecule has 174 valence electrons. The summed E-state index contributed by atoms with van der Waals surface area (Å²) in [5.41, 5.74) is 1.64. The van der Waals surface area contributed by atoms with E-state index in [0.29, 0.717) is 39.0 Å². The van der Waals surface area contributed by atoms with E-state index >= 15 is 0 Å². The summed E-state index contributed by atoms with van der Waals surface area (Å²) in [5.74, 6) is 0.677. The van der Waals surface area contributed by atoms with Crippen LogP contribution in [-0.2, 0) is 4.57 Å². The largest absolute Gasteiger partial charge is 0.492 e. The number of para-hydroxylation sites is 1. The number of hydrogen-bond donors (Lipinski definition) is 2. The van der Waals surface area contributed by atoms with Gasteiger partial charge in [-0.3, -0.25) is 0 Å². The van der Waals surface area contributed by atoms with Crippen molar-refractivity contribution in [3.8, 4) is 5.75 Å². The van der Waals surface area contributed by atoms with Gasteiger partial charge in [-0.25, -0.2) is 9.37 Å². The van der Waals surface area contributed by atoms with Gasteiger partial charge in [-0.2, -0.15) is 4.98 Å². The van der Waals surface area contributed by atoms with Crippen molar-refractivity contribution in [3.63, 3.8) is 0 Å². The molecule has 7 nitrogen and oxygen atoms in total. The number of hydrogen-bond acceptors (Lipinski definition) is 7. The lowest BCUT2D eigenvalue weighted by Crippen LogP contribution is -2.20. The molecule has 2 heterocycles. The molecule has 3 aromatic rings.